The number of hydrogen-bond acceptors (Lipinski definition) is 5. The van der Waals surface area contributed by atoms with Crippen molar-refractivity contribution in [3.8, 4) is 5.88 Å². The van der Waals surface area contributed by atoms with Crippen LogP contribution in [0, 0.1) is 0 Å². The van der Waals surface area contributed by atoms with Crippen molar-refractivity contribution < 1.29 is 22.4 Å². The van der Waals surface area contributed by atoms with Crippen LogP contribution in [0.1, 0.15) is 43.7 Å². The number of aromatic nitrogens is 2. The zero-order valence-corrected chi connectivity index (χ0v) is 18.7. The largest absolute Gasteiger partial charge is 0.468 e. The van der Waals surface area contributed by atoms with Gasteiger partial charge >= 0.3 is 6.18 Å². The Kier molecular flexibility index (Phi) is 10.2. The van der Waals surface area contributed by atoms with Gasteiger partial charge < -0.3 is 19.9 Å². The highest BCUT2D eigenvalue weighted by Crippen LogP contribution is 2.17. The summed E-state index contributed by atoms with van der Waals surface area (Å²) < 4.78 is 46.3. The molecule has 0 bridgehead atoms. The molecule has 29 heavy (non-hydrogen) atoms. The third kappa shape index (κ3) is 9.33. The van der Waals surface area contributed by atoms with Crippen LogP contribution in [-0.4, -0.2) is 35.4 Å². The third-order valence-electron chi connectivity index (χ3n) is 3.54. The van der Waals surface area contributed by atoms with Crippen LogP contribution in [0.4, 0.5) is 13.2 Å². The van der Waals surface area contributed by atoms with Crippen LogP contribution < -0.4 is 15.4 Å². The average Bonchev–Trinajstić information content (AvgIpc) is 3.12. The van der Waals surface area contributed by atoms with Gasteiger partial charge in [0.05, 0.1) is 18.8 Å². The number of alkyl halides is 3. The minimum atomic E-state index is -4.39. The third-order valence-corrected chi connectivity index (χ3v) is 3.54. The van der Waals surface area contributed by atoms with Gasteiger partial charge in [-0.25, -0.2) is 9.98 Å². The van der Waals surface area contributed by atoms with Crippen molar-refractivity contribution in [1.29, 1.82) is 0 Å². The van der Waals surface area contributed by atoms with E-state index in [2.05, 4.69) is 30.5 Å². The van der Waals surface area contributed by atoms with Crippen LogP contribution in [0.25, 0.3) is 0 Å². The van der Waals surface area contributed by atoms with E-state index < -0.39 is 12.8 Å². The van der Waals surface area contributed by atoms with Crippen molar-refractivity contribution in [2.24, 2.45) is 4.99 Å². The zero-order chi connectivity index (χ0) is 20.6. The minimum Gasteiger partial charge on any atom is -0.468 e. The van der Waals surface area contributed by atoms with Crippen LogP contribution >= 0.6 is 24.0 Å². The first-order valence-electron chi connectivity index (χ1n) is 8.89. The summed E-state index contributed by atoms with van der Waals surface area (Å²) in [6.07, 6.45) is -2.96. The maximum absolute atomic E-state index is 12.1. The Labute approximate surface area is 184 Å². The second-order valence-electron chi connectivity index (χ2n) is 6.33. The lowest BCUT2D eigenvalue weighted by Crippen LogP contribution is -2.36. The van der Waals surface area contributed by atoms with E-state index in [0.717, 1.165) is 11.3 Å². The van der Waals surface area contributed by atoms with Gasteiger partial charge in [-0.3, -0.25) is 0 Å². The van der Waals surface area contributed by atoms with Crippen molar-refractivity contribution in [3.63, 3.8) is 0 Å². The number of aliphatic imine (C=N–C) groups is 1. The van der Waals surface area contributed by atoms with Gasteiger partial charge in [-0.1, -0.05) is 25.1 Å². The second-order valence-corrected chi connectivity index (χ2v) is 6.33. The van der Waals surface area contributed by atoms with Gasteiger partial charge in [0.2, 0.25) is 5.88 Å². The Bertz CT molecular complexity index is 764. The summed E-state index contributed by atoms with van der Waals surface area (Å²) in [4.78, 5) is 8.29. The fourth-order valence-corrected chi connectivity index (χ4v) is 2.11. The molecule has 162 valence electrons. The normalized spacial score (nSPS) is 11.9. The van der Waals surface area contributed by atoms with E-state index >= 15 is 0 Å². The Hall–Kier alpha value is -2.05. The summed E-state index contributed by atoms with van der Waals surface area (Å²) in [7, 11) is 0. The fourth-order valence-electron chi connectivity index (χ4n) is 2.11. The van der Waals surface area contributed by atoms with E-state index in [1.807, 2.05) is 26.8 Å². The first-order chi connectivity index (χ1) is 13.3. The summed E-state index contributed by atoms with van der Waals surface area (Å²) >= 11 is 0. The predicted octanol–water partition coefficient (Wildman–Crippen LogP) is 4.01. The van der Waals surface area contributed by atoms with Crippen LogP contribution in [-0.2, 0) is 13.1 Å². The van der Waals surface area contributed by atoms with Crippen LogP contribution in [0.5, 0.6) is 5.88 Å². The SMILES string of the molecule is CCNC(=NCc1ccc(OCC(F)(F)F)nc1)NCc1cc(C(C)C)no1.I. The Morgan fingerprint density at radius 2 is 2.03 bits per heavy atom. The molecule has 0 radical (unpaired) electrons. The van der Waals surface area contributed by atoms with Crippen molar-refractivity contribution in [2.75, 3.05) is 13.2 Å². The summed E-state index contributed by atoms with van der Waals surface area (Å²) in [5, 5.41) is 10.3. The van der Waals surface area contributed by atoms with Crippen LogP contribution in [0.15, 0.2) is 33.9 Å². The lowest BCUT2D eigenvalue weighted by atomic mass is 10.1. The van der Waals surface area contributed by atoms with Crippen molar-refractivity contribution in [1.82, 2.24) is 20.8 Å². The second kappa shape index (κ2) is 11.8. The predicted molar refractivity (Wildman–Crippen MR) is 113 cm³/mol. The highest BCUT2D eigenvalue weighted by Gasteiger charge is 2.28. The number of rotatable bonds is 8. The molecule has 0 unspecified atom stereocenters. The molecule has 0 fully saturated rings. The van der Waals surface area contributed by atoms with E-state index in [1.54, 1.807) is 6.07 Å². The zero-order valence-electron chi connectivity index (χ0n) is 16.4. The number of nitrogens with one attached hydrogen (secondary N) is 2. The molecule has 0 atom stereocenters. The fraction of sp³-hybridized carbons (Fsp3) is 0.500. The number of guanidine groups is 1. The van der Waals surface area contributed by atoms with E-state index in [0.29, 0.717) is 31.4 Å². The van der Waals surface area contributed by atoms with E-state index in [4.69, 9.17) is 4.52 Å². The molecule has 0 saturated carbocycles. The molecule has 2 aromatic heterocycles. The maximum Gasteiger partial charge on any atom is 0.422 e. The first kappa shape index (κ1) is 25.0. The number of halogens is 4. The van der Waals surface area contributed by atoms with E-state index in [9.17, 15) is 13.2 Å². The molecular formula is C18H25F3IN5O2. The van der Waals surface area contributed by atoms with Crippen molar-refractivity contribution in [3.05, 3.63) is 41.4 Å². The highest BCUT2D eigenvalue weighted by molar-refractivity contribution is 14.0. The molecule has 2 heterocycles. The number of hydrogen-bond donors (Lipinski definition) is 2. The van der Waals surface area contributed by atoms with Crippen molar-refractivity contribution in [2.45, 2.75) is 46.0 Å². The van der Waals surface area contributed by atoms with Crippen molar-refractivity contribution >= 4 is 29.9 Å². The van der Waals surface area contributed by atoms with Gasteiger partial charge in [0, 0.05) is 24.9 Å². The smallest absolute Gasteiger partial charge is 0.422 e. The monoisotopic (exact) mass is 527 g/mol. The number of ether oxygens (including phenoxy) is 1. The molecule has 0 aliphatic heterocycles. The molecule has 7 nitrogen and oxygen atoms in total. The molecule has 0 spiro atoms. The number of pyridine rings is 1. The molecule has 11 heteroatoms. The van der Waals surface area contributed by atoms with Gasteiger partial charge in [-0.15, -0.1) is 24.0 Å². The molecule has 0 amide bonds. The van der Waals surface area contributed by atoms with Gasteiger partial charge in [0.15, 0.2) is 18.3 Å². The standard InChI is InChI=1S/C18H24F3N5O2.HI/c1-4-22-17(25-10-14-7-15(12(2)3)26-28-14)24-9-13-5-6-16(23-8-13)27-11-18(19,20)21;/h5-8,12H,4,9-11H2,1-3H3,(H2,22,24,25);1H. The molecule has 0 aliphatic rings. The Morgan fingerprint density at radius 1 is 1.28 bits per heavy atom. The first-order valence-corrected chi connectivity index (χ1v) is 8.89. The molecule has 2 N–H and O–H groups in total. The molecule has 0 aliphatic carbocycles. The van der Waals surface area contributed by atoms with Gasteiger partial charge in [-0.05, 0) is 18.4 Å². The minimum absolute atomic E-state index is 0. The summed E-state index contributed by atoms with van der Waals surface area (Å²) in [5.74, 6) is 1.47. The average molecular weight is 527 g/mol. The molecule has 0 aromatic carbocycles. The lowest BCUT2D eigenvalue weighted by Gasteiger charge is -2.10. The lowest BCUT2D eigenvalue weighted by molar-refractivity contribution is -0.154. The summed E-state index contributed by atoms with van der Waals surface area (Å²) in [6, 6.07) is 4.90. The Balaban J connectivity index is 0.00000420. The molecule has 2 aromatic rings. The van der Waals surface area contributed by atoms with Gasteiger partial charge in [0.25, 0.3) is 0 Å². The van der Waals surface area contributed by atoms with Gasteiger partial charge in [-0.2, -0.15) is 13.2 Å². The van der Waals surface area contributed by atoms with E-state index in [1.165, 1.54) is 12.3 Å². The van der Waals surface area contributed by atoms with E-state index in [-0.39, 0.29) is 35.8 Å². The summed E-state index contributed by atoms with van der Waals surface area (Å²) in [6.45, 7) is 6.04. The number of nitrogens with zero attached hydrogens (tertiary/aromatic N) is 3. The molecule has 0 saturated heterocycles. The van der Waals surface area contributed by atoms with Gasteiger partial charge in [0.1, 0.15) is 0 Å². The Morgan fingerprint density at radius 3 is 2.59 bits per heavy atom. The highest BCUT2D eigenvalue weighted by atomic mass is 127. The summed E-state index contributed by atoms with van der Waals surface area (Å²) in [5.41, 5.74) is 1.62. The maximum atomic E-state index is 12.1. The van der Waals surface area contributed by atoms with Crippen LogP contribution in [0.2, 0.25) is 0 Å². The quantitative estimate of drug-likeness (QED) is 0.307. The molecule has 2 rings (SSSR count). The molecular weight excluding hydrogens is 502 g/mol. The topological polar surface area (TPSA) is 84.6 Å². The van der Waals surface area contributed by atoms with Crippen LogP contribution in [0.3, 0.4) is 0 Å².